The van der Waals surface area contributed by atoms with Crippen molar-refractivity contribution in [1.29, 1.82) is 0 Å². The number of benzene rings is 2. The highest BCUT2D eigenvalue weighted by molar-refractivity contribution is 5.89. The lowest BCUT2D eigenvalue weighted by Crippen LogP contribution is -2.09. The topological polar surface area (TPSA) is 95.2 Å². The summed E-state index contributed by atoms with van der Waals surface area (Å²) in [7, 11) is 0. The summed E-state index contributed by atoms with van der Waals surface area (Å²) < 4.78 is 5.19. The normalized spacial score (nSPS) is 11.0. The maximum atomic E-state index is 12.4. The Hall–Kier alpha value is -3.54. The van der Waals surface area contributed by atoms with Gasteiger partial charge < -0.3 is 19.8 Å². The second-order valence-electron chi connectivity index (χ2n) is 5.71. The zero-order chi connectivity index (χ0) is 17.4. The van der Waals surface area contributed by atoms with Gasteiger partial charge in [-0.05, 0) is 41.8 Å². The molecule has 0 aliphatic carbocycles. The quantitative estimate of drug-likeness (QED) is 0.534. The number of hydrogen-bond donors (Lipinski definition) is 3. The fourth-order valence-electron chi connectivity index (χ4n) is 2.84. The van der Waals surface area contributed by atoms with Crippen LogP contribution in [0.3, 0.4) is 0 Å². The first kappa shape index (κ1) is 15.0. The number of nitrogens with one attached hydrogen (secondary N) is 2. The number of rotatable bonds is 4. The summed E-state index contributed by atoms with van der Waals surface area (Å²) in [4.78, 5) is 29.1. The van der Waals surface area contributed by atoms with Crippen molar-refractivity contribution in [2.45, 2.75) is 0 Å². The van der Waals surface area contributed by atoms with Gasteiger partial charge in [0.2, 0.25) is 0 Å². The predicted octanol–water partition coefficient (Wildman–Crippen LogP) is 3.14. The number of carbonyl (C=O) groups is 1. The van der Waals surface area contributed by atoms with E-state index in [0.717, 1.165) is 21.8 Å². The Bertz CT molecular complexity index is 1160. The number of fused-ring (bicyclic) bond motifs is 2. The van der Waals surface area contributed by atoms with E-state index in [4.69, 9.17) is 9.84 Å². The molecule has 0 radical (unpaired) electrons. The Labute approximate surface area is 141 Å². The van der Waals surface area contributed by atoms with Gasteiger partial charge in [0.1, 0.15) is 5.75 Å². The molecule has 0 saturated heterocycles. The van der Waals surface area contributed by atoms with Crippen LogP contribution in [0.1, 0.15) is 0 Å². The second-order valence-corrected chi connectivity index (χ2v) is 5.71. The Kier molecular flexibility index (Phi) is 3.50. The molecule has 0 spiro atoms. The number of carboxylic acid groups (broad SMARTS) is 1. The summed E-state index contributed by atoms with van der Waals surface area (Å²) in [6, 6.07) is 16.5. The molecule has 0 bridgehead atoms. The molecular formula is C19H14N2O4. The minimum absolute atomic E-state index is 0.174. The van der Waals surface area contributed by atoms with E-state index in [-0.39, 0.29) is 5.56 Å². The summed E-state index contributed by atoms with van der Waals surface area (Å²) in [5.41, 5.74) is 2.69. The molecule has 2 aromatic heterocycles. The SMILES string of the molecule is O=C(O)COc1ccc2[nH]c(-c3cc4ccccc4[nH]c3=O)cc2c1. The molecule has 0 aliphatic heterocycles. The molecule has 0 amide bonds. The minimum Gasteiger partial charge on any atom is -0.482 e. The van der Waals surface area contributed by atoms with Crippen LogP contribution < -0.4 is 10.3 Å². The molecule has 6 heteroatoms. The van der Waals surface area contributed by atoms with Gasteiger partial charge in [0.25, 0.3) is 5.56 Å². The molecule has 0 saturated carbocycles. The summed E-state index contributed by atoms with van der Waals surface area (Å²) >= 11 is 0. The molecule has 2 aromatic carbocycles. The van der Waals surface area contributed by atoms with Crippen molar-refractivity contribution >= 4 is 27.8 Å². The van der Waals surface area contributed by atoms with Crippen molar-refractivity contribution in [1.82, 2.24) is 9.97 Å². The van der Waals surface area contributed by atoms with Crippen molar-refractivity contribution in [2.24, 2.45) is 0 Å². The first-order valence-electron chi connectivity index (χ1n) is 7.70. The van der Waals surface area contributed by atoms with Crippen molar-refractivity contribution in [3.8, 4) is 17.0 Å². The molecule has 6 nitrogen and oxygen atoms in total. The molecule has 4 rings (SSSR count). The van der Waals surface area contributed by atoms with Gasteiger partial charge in [-0.15, -0.1) is 0 Å². The van der Waals surface area contributed by atoms with Crippen molar-refractivity contribution in [3.63, 3.8) is 0 Å². The lowest BCUT2D eigenvalue weighted by Gasteiger charge is -2.02. The highest BCUT2D eigenvalue weighted by Crippen LogP contribution is 2.26. The Morgan fingerprint density at radius 2 is 1.76 bits per heavy atom. The molecule has 0 fully saturated rings. The van der Waals surface area contributed by atoms with Gasteiger partial charge >= 0.3 is 5.97 Å². The van der Waals surface area contributed by atoms with Gasteiger partial charge in [0, 0.05) is 16.4 Å². The molecule has 25 heavy (non-hydrogen) atoms. The number of aromatic amines is 2. The first-order valence-corrected chi connectivity index (χ1v) is 7.70. The van der Waals surface area contributed by atoms with E-state index in [0.29, 0.717) is 17.0 Å². The van der Waals surface area contributed by atoms with E-state index >= 15 is 0 Å². The first-order chi connectivity index (χ1) is 12.1. The van der Waals surface area contributed by atoms with Crippen molar-refractivity contribution < 1.29 is 14.6 Å². The number of para-hydroxylation sites is 1. The maximum absolute atomic E-state index is 12.4. The third-order valence-electron chi connectivity index (χ3n) is 4.00. The number of pyridine rings is 1. The second kappa shape index (κ2) is 5.83. The molecule has 0 atom stereocenters. The fourth-order valence-corrected chi connectivity index (χ4v) is 2.84. The van der Waals surface area contributed by atoms with Crippen molar-refractivity contribution in [3.05, 3.63) is 65.0 Å². The van der Waals surface area contributed by atoms with Gasteiger partial charge in [-0.2, -0.15) is 0 Å². The molecular weight excluding hydrogens is 320 g/mol. The van der Waals surface area contributed by atoms with Gasteiger partial charge in [-0.25, -0.2) is 4.79 Å². The van der Waals surface area contributed by atoms with E-state index in [1.807, 2.05) is 36.4 Å². The number of ether oxygens (including phenoxy) is 1. The van der Waals surface area contributed by atoms with Crippen LogP contribution in [0.2, 0.25) is 0 Å². The summed E-state index contributed by atoms with van der Waals surface area (Å²) in [5.74, 6) is -0.564. The molecule has 124 valence electrons. The molecule has 3 N–H and O–H groups in total. The van der Waals surface area contributed by atoms with Gasteiger partial charge in [-0.1, -0.05) is 18.2 Å². The summed E-state index contributed by atoms with van der Waals surface area (Å²) in [6.45, 7) is -0.396. The average Bonchev–Trinajstić information content (AvgIpc) is 3.02. The van der Waals surface area contributed by atoms with Crippen LogP contribution in [0.25, 0.3) is 33.1 Å². The highest BCUT2D eigenvalue weighted by atomic mass is 16.5. The van der Waals surface area contributed by atoms with Crippen LogP contribution in [-0.2, 0) is 4.79 Å². The summed E-state index contributed by atoms with van der Waals surface area (Å²) in [5, 5.41) is 10.5. The molecule has 0 unspecified atom stereocenters. The lowest BCUT2D eigenvalue weighted by molar-refractivity contribution is -0.139. The fraction of sp³-hybridized carbons (Fsp3) is 0.0526. The van der Waals surface area contributed by atoms with E-state index in [2.05, 4.69) is 9.97 Å². The third-order valence-corrected chi connectivity index (χ3v) is 4.00. The number of hydrogen-bond acceptors (Lipinski definition) is 3. The number of H-pyrrole nitrogens is 2. The number of aliphatic carboxylic acids is 1. The van der Waals surface area contributed by atoms with Crippen LogP contribution in [-0.4, -0.2) is 27.7 Å². The largest absolute Gasteiger partial charge is 0.482 e. The van der Waals surface area contributed by atoms with Gasteiger partial charge in [0.05, 0.1) is 11.3 Å². The lowest BCUT2D eigenvalue weighted by atomic mass is 10.1. The van der Waals surface area contributed by atoms with E-state index in [1.54, 1.807) is 18.2 Å². The van der Waals surface area contributed by atoms with Crippen molar-refractivity contribution in [2.75, 3.05) is 6.61 Å². The Morgan fingerprint density at radius 1 is 0.960 bits per heavy atom. The number of aromatic nitrogens is 2. The Balaban J connectivity index is 1.78. The maximum Gasteiger partial charge on any atom is 0.341 e. The third kappa shape index (κ3) is 2.85. The van der Waals surface area contributed by atoms with Crippen LogP contribution >= 0.6 is 0 Å². The zero-order valence-corrected chi connectivity index (χ0v) is 13.1. The zero-order valence-electron chi connectivity index (χ0n) is 13.1. The Morgan fingerprint density at radius 3 is 2.60 bits per heavy atom. The smallest absolute Gasteiger partial charge is 0.341 e. The average molecular weight is 334 g/mol. The van der Waals surface area contributed by atoms with E-state index in [9.17, 15) is 9.59 Å². The molecule has 0 aliphatic rings. The highest BCUT2D eigenvalue weighted by Gasteiger charge is 2.10. The number of carboxylic acids is 1. The van der Waals surface area contributed by atoms with Gasteiger partial charge in [0.15, 0.2) is 6.61 Å². The summed E-state index contributed by atoms with van der Waals surface area (Å²) in [6.07, 6.45) is 0. The van der Waals surface area contributed by atoms with E-state index in [1.165, 1.54) is 0 Å². The van der Waals surface area contributed by atoms with Crippen LogP contribution in [0.5, 0.6) is 5.75 Å². The van der Waals surface area contributed by atoms with E-state index < -0.39 is 12.6 Å². The van der Waals surface area contributed by atoms with Crippen LogP contribution in [0.15, 0.2) is 59.4 Å². The monoisotopic (exact) mass is 334 g/mol. The molecule has 2 heterocycles. The standard InChI is InChI=1S/C19H14N2O4/c22-18(23)10-25-13-5-6-16-12(7-13)9-17(20-16)14-8-11-3-1-2-4-15(11)21-19(14)24/h1-9,20H,10H2,(H,21,24)(H,22,23). The van der Waals surface area contributed by atoms with Crippen LogP contribution in [0, 0.1) is 0 Å². The molecule has 4 aromatic rings. The van der Waals surface area contributed by atoms with Crippen LogP contribution in [0.4, 0.5) is 0 Å². The predicted molar refractivity (Wildman–Crippen MR) is 95.0 cm³/mol. The van der Waals surface area contributed by atoms with Gasteiger partial charge in [-0.3, -0.25) is 4.79 Å². The minimum atomic E-state index is -1.03.